The van der Waals surface area contributed by atoms with Gasteiger partial charge in [-0.3, -0.25) is 9.59 Å². The summed E-state index contributed by atoms with van der Waals surface area (Å²) >= 11 is 0. The second-order valence-electron chi connectivity index (χ2n) is 4.98. The highest BCUT2D eigenvalue weighted by molar-refractivity contribution is 5.78. The fraction of sp³-hybridized carbons (Fsp3) is 0.529. The Balaban J connectivity index is 2.54. The van der Waals surface area contributed by atoms with Crippen LogP contribution in [0.2, 0.25) is 0 Å². The van der Waals surface area contributed by atoms with E-state index < -0.39 is 0 Å². The van der Waals surface area contributed by atoms with Crippen LogP contribution in [0.3, 0.4) is 0 Å². The first kappa shape index (κ1) is 19.8. The molecule has 0 saturated heterocycles. The third-order valence-electron chi connectivity index (χ3n) is 3.23. The average molecular weight is 339 g/mol. The Morgan fingerprint density at radius 2 is 1.96 bits per heavy atom. The van der Waals surface area contributed by atoms with E-state index in [1.807, 2.05) is 0 Å². The molecule has 0 unspecified atom stereocenters. The summed E-state index contributed by atoms with van der Waals surface area (Å²) in [7, 11) is 1.55. The van der Waals surface area contributed by atoms with E-state index in [9.17, 15) is 9.59 Å². The van der Waals surface area contributed by atoms with E-state index in [0.717, 1.165) is 0 Å². The van der Waals surface area contributed by atoms with E-state index in [1.165, 1.54) is 4.90 Å². The number of amides is 1. The number of hydrogen-bond donors (Lipinski definition) is 1. The number of rotatable bonds is 11. The van der Waals surface area contributed by atoms with Gasteiger partial charge in [0, 0.05) is 25.8 Å². The first-order valence-electron chi connectivity index (χ1n) is 7.91. The van der Waals surface area contributed by atoms with Crippen LogP contribution in [0.15, 0.2) is 24.3 Å². The summed E-state index contributed by atoms with van der Waals surface area (Å²) in [6.45, 7) is 2.45. The summed E-state index contributed by atoms with van der Waals surface area (Å²) in [4.78, 5) is 25.2. The van der Waals surface area contributed by atoms with Gasteiger partial charge < -0.3 is 24.2 Å². The van der Waals surface area contributed by atoms with Crippen LogP contribution in [0.1, 0.15) is 19.8 Å². The van der Waals surface area contributed by atoms with Gasteiger partial charge in [-0.05, 0) is 25.5 Å². The minimum atomic E-state index is -0.354. The number of ether oxygens (including phenoxy) is 3. The number of aliphatic hydroxyl groups is 1. The number of esters is 1. The molecule has 0 radical (unpaired) electrons. The largest absolute Gasteiger partial charge is 0.497 e. The monoisotopic (exact) mass is 339 g/mol. The Morgan fingerprint density at radius 3 is 2.62 bits per heavy atom. The zero-order valence-corrected chi connectivity index (χ0v) is 14.2. The van der Waals surface area contributed by atoms with Crippen LogP contribution < -0.4 is 9.47 Å². The lowest BCUT2D eigenvalue weighted by molar-refractivity contribution is -0.144. The first-order valence-corrected chi connectivity index (χ1v) is 7.91. The maximum Gasteiger partial charge on any atom is 0.307 e. The van der Waals surface area contributed by atoms with Crippen molar-refractivity contribution in [1.82, 2.24) is 4.90 Å². The van der Waals surface area contributed by atoms with Crippen molar-refractivity contribution in [2.45, 2.75) is 19.8 Å². The maximum absolute atomic E-state index is 12.3. The van der Waals surface area contributed by atoms with Crippen molar-refractivity contribution in [3.63, 3.8) is 0 Å². The standard InChI is InChI=1S/C17H25NO6/c1-3-23-17(21)8-10-18(9-5-11-19)16(20)13-24-15-7-4-6-14(12-15)22-2/h4,6-7,12,19H,3,5,8-11,13H2,1-2H3. The van der Waals surface area contributed by atoms with Crippen molar-refractivity contribution in [2.24, 2.45) is 0 Å². The molecule has 1 aromatic carbocycles. The van der Waals surface area contributed by atoms with Gasteiger partial charge >= 0.3 is 5.97 Å². The predicted octanol–water partition coefficient (Wildman–Crippen LogP) is 1.24. The Labute approximate surface area is 142 Å². The van der Waals surface area contributed by atoms with Crippen LogP contribution >= 0.6 is 0 Å². The molecule has 1 N–H and O–H groups in total. The molecule has 0 spiro atoms. The molecule has 0 aromatic heterocycles. The van der Waals surface area contributed by atoms with Crippen molar-refractivity contribution in [1.29, 1.82) is 0 Å². The molecule has 24 heavy (non-hydrogen) atoms. The van der Waals surface area contributed by atoms with E-state index in [0.29, 0.717) is 31.1 Å². The van der Waals surface area contributed by atoms with E-state index in [4.69, 9.17) is 19.3 Å². The van der Waals surface area contributed by atoms with Crippen LogP contribution in [0.4, 0.5) is 0 Å². The third-order valence-corrected chi connectivity index (χ3v) is 3.23. The Morgan fingerprint density at radius 1 is 1.21 bits per heavy atom. The summed E-state index contributed by atoms with van der Waals surface area (Å²) in [5.74, 6) is 0.554. The number of hydrogen-bond acceptors (Lipinski definition) is 6. The smallest absolute Gasteiger partial charge is 0.307 e. The molecule has 0 saturated carbocycles. The summed E-state index contributed by atoms with van der Waals surface area (Å²) in [5, 5.41) is 8.95. The quantitative estimate of drug-likeness (QED) is 0.611. The summed E-state index contributed by atoms with van der Waals surface area (Å²) in [6.07, 6.45) is 0.553. The molecular formula is C17H25NO6. The molecule has 1 rings (SSSR count). The molecule has 0 aliphatic rings. The van der Waals surface area contributed by atoms with Gasteiger partial charge in [0.1, 0.15) is 11.5 Å². The molecule has 1 aromatic rings. The van der Waals surface area contributed by atoms with Crippen molar-refractivity contribution < 1.29 is 28.9 Å². The van der Waals surface area contributed by atoms with Crippen molar-refractivity contribution in [3.05, 3.63) is 24.3 Å². The van der Waals surface area contributed by atoms with Gasteiger partial charge in [0.15, 0.2) is 6.61 Å². The summed E-state index contributed by atoms with van der Waals surface area (Å²) in [5.41, 5.74) is 0. The van der Waals surface area contributed by atoms with Crippen molar-refractivity contribution in [3.8, 4) is 11.5 Å². The number of carbonyl (C=O) groups is 2. The van der Waals surface area contributed by atoms with E-state index in [2.05, 4.69) is 0 Å². The highest BCUT2D eigenvalue weighted by Crippen LogP contribution is 2.18. The number of carbonyl (C=O) groups excluding carboxylic acids is 2. The normalized spacial score (nSPS) is 10.1. The molecule has 0 aliphatic heterocycles. The highest BCUT2D eigenvalue weighted by atomic mass is 16.5. The van der Waals surface area contributed by atoms with Crippen LogP contribution in [-0.2, 0) is 14.3 Å². The fourth-order valence-corrected chi connectivity index (χ4v) is 2.01. The fourth-order valence-electron chi connectivity index (χ4n) is 2.01. The summed E-state index contributed by atoms with van der Waals surface area (Å²) < 4.78 is 15.4. The average Bonchev–Trinajstić information content (AvgIpc) is 2.60. The molecule has 7 heteroatoms. The Hall–Kier alpha value is -2.28. The zero-order chi connectivity index (χ0) is 17.8. The lowest BCUT2D eigenvalue weighted by Gasteiger charge is -2.22. The van der Waals surface area contributed by atoms with Gasteiger partial charge in [-0.2, -0.15) is 0 Å². The number of methoxy groups -OCH3 is 1. The van der Waals surface area contributed by atoms with Gasteiger partial charge in [0.05, 0.1) is 20.1 Å². The SMILES string of the molecule is CCOC(=O)CCN(CCCO)C(=O)COc1cccc(OC)c1. The first-order chi connectivity index (χ1) is 11.6. The molecule has 0 heterocycles. The van der Waals surface area contributed by atoms with Crippen LogP contribution in [0.5, 0.6) is 11.5 Å². The molecule has 0 aliphatic carbocycles. The predicted molar refractivity (Wildman–Crippen MR) is 88.0 cm³/mol. The maximum atomic E-state index is 12.3. The molecular weight excluding hydrogens is 314 g/mol. The molecule has 0 bridgehead atoms. The molecule has 7 nitrogen and oxygen atoms in total. The third kappa shape index (κ3) is 7.32. The van der Waals surface area contributed by atoms with Gasteiger partial charge in [0.2, 0.25) is 0 Å². The molecule has 1 amide bonds. The van der Waals surface area contributed by atoms with Crippen molar-refractivity contribution >= 4 is 11.9 Å². The van der Waals surface area contributed by atoms with Crippen molar-refractivity contribution in [2.75, 3.05) is 40.0 Å². The van der Waals surface area contributed by atoms with Crippen LogP contribution in [0, 0.1) is 0 Å². The van der Waals surface area contributed by atoms with E-state index in [-0.39, 0.29) is 38.1 Å². The van der Waals surface area contributed by atoms with Crippen LogP contribution in [0.25, 0.3) is 0 Å². The lowest BCUT2D eigenvalue weighted by Crippen LogP contribution is -2.37. The number of benzene rings is 1. The van der Waals surface area contributed by atoms with Gasteiger partial charge in [-0.25, -0.2) is 0 Å². The molecule has 0 atom stereocenters. The number of nitrogens with zero attached hydrogens (tertiary/aromatic N) is 1. The Kier molecular flexibility index (Phi) is 9.29. The number of aliphatic hydroxyl groups excluding tert-OH is 1. The van der Waals surface area contributed by atoms with E-state index in [1.54, 1.807) is 38.3 Å². The highest BCUT2D eigenvalue weighted by Gasteiger charge is 2.16. The zero-order valence-electron chi connectivity index (χ0n) is 14.2. The second-order valence-corrected chi connectivity index (χ2v) is 4.98. The second kappa shape index (κ2) is 11.3. The Bertz CT molecular complexity index is 520. The topological polar surface area (TPSA) is 85.3 Å². The van der Waals surface area contributed by atoms with E-state index >= 15 is 0 Å². The van der Waals surface area contributed by atoms with Gasteiger partial charge in [0.25, 0.3) is 5.91 Å². The van der Waals surface area contributed by atoms with Gasteiger partial charge in [-0.15, -0.1) is 0 Å². The minimum Gasteiger partial charge on any atom is -0.497 e. The lowest BCUT2D eigenvalue weighted by atomic mass is 10.3. The molecule has 134 valence electrons. The summed E-state index contributed by atoms with van der Waals surface area (Å²) in [6, 6.07) is 6.96. The molecule has 0 fully saturated rings. The van der Waals surface area contributed by atoms with Crippen LogP contribution in [-0.4, -0.2) is 61.9 Å². The van der Waals surface area contributed by atoms with Gasteiger partial charge in [-0.1, -0.05) is 6.07 Å². The minimum absolute atomic E-state index is 0.0278.